The Morgan fingerprint density at radius 3 is 1.79 bits per heavy atom. The Labute approximate surface area is 122 Å². The fourth-order valence-corrected chi connectivity index (χ4v) is 2.21. The Kier molecular flexibility index (Phi) is 7.70. The lowest BCUT2D eigenvalue weighted by atomic mass is 10.2. The number of halogens is 8. The Morgan fingerprint density at radius 2 is 1.50 bits per heavy atom. The molecule has 0 aromatic rings. The first-order chi connectivity index (χ1) is 6.25. The first-order valence-corrected chi connectivity index (χ1v) is 6.46. The van der Waals surface area contributed by atoms with Crippen molar-refractivity contribution >= 4 is 92.8 Å². The van der Waals surface area contributed by atoms with Crippen LogP contribution in [0.4, 0.5) is 0 Å². The molecule has 0 unspecified atom stereocenters. The Balaban J connectivity index is 4.69. The normalized spacial score (nSPS) is 18.5. The molecule has 84 valence electrons. The van der Waals surface area contributed by atoms with E-state index in [4.69, 9.17) is 92.8 Å². The van der Waals surface area contributed by atoms with Crippen LogP contribution >= 0.6 is 92.8 Å². The predicted molar refractivity (Wildman–Crippen MR) is 69.0 cm³/mol. The van der Waals surface area contributed by atoms with Gasteiger partial charge in [-0.3, -0.25) is 0 Å². The third kappa shape index (κ3) is 4.14. The van der Waals surface area contributed by atoms with Gasteiger partial charge in [-0.05, 0) is 0 Å². The van der Waals surface area contributed by atoms with Crippen molar-refractivity contribution < 1.29 is 0 Å². The summed E-state index contributed by atoms with van der Waals surface area (Å²) < 4.78 is -1.61. The molecule has 0 saturated heterocycles. The first-order valence-electron chi connectivity index (χ1n) is 3.15. The van der Waals surface area contributed by atoms with Gasteiger partial charge >= 0.3 is 0 Å². The molecule has 8 heteroatoms. The molecule has 0 aliphatic rings. The van der Waals surface area contributed by atoms with Gasteiger partial charge in [-0.15, -0.1) is 46.4 Å². The van der Waals surface area contributed by atoms with Gasteiger partial charge in [-0.1, -0.05) is 46.4 Å². The maximum Gasteiger partial charge on any atom is 0.166 e. The highest BCUT2D eigenvalue weighted by atomic mass is 35.5. The molecule has 0 spiro atoms. The third-order valence-electron chi connectivity index (χ3n) is 1.28. The zero-order chi connectivity index (χ0) is 11.5. The minimum atomic E-state index is -1.61. The molecule has 0 aliphatic carbocycles. The quantitative estimate of drug-likeness (QED) is 0.582. The lowest BCUT2D eigenvalue weighted by Gasteiger charge is -2.28. The molecular formula is C6H4Cl8. The standard InChI is InChI=1S/C6H4Cl8/c7-1-2(8)3(9)4(10)6(13,14)5(11)12/h1,3-5H/b2-1-/t3-,4+/m1/s1. The predicted octanol–water partition coefficient (Wildman–Crippen LogP) is 5.50. The van der Waals surface area contributed by atoms with Crippen LogP contribution in [-0.4, -0.2) is 19.9 Å². The molecule has 0 amide bonds. The van der Waals surface area contributed by atoms with E-state index in [1.165, 1.54) is 0 Å². The molecule has 2 atom stereocenters. The molecule has 0 aliphatic heterocycles. The summed E-state index contributed by atoms with van der Waals surface area (Å²) in [4.78, 5) is -1.10. The first kappa shape index (κ1) is 16.1. The SMILES string of the molecule is Cl/C=C(\Cl)[C@@H](Cl)[C@H](Cl)C(Cl)(Cl)C(Cl)Cl. The van der Waals surface area contributed by atoms with Crippen LogP contribution < -0.4 is 0 Å². The van der Waals surface area contributed by atoms with Gasteiger partial charge < -0.3 is 0 Å². The van der Waals surface area contributed by atoms with Gasteiger partial charge in [0.2, 0.25) is 0 Å². The highest BCUT2D eigenvalue weighted by Crippen LogP contribution is 2.42. The summed E-state index contributed by atoms with van der Waals surface area (Å²) in [7, 11) is 0. The second-order valence-electron chi connectivity index (χ2n) is 2.27. The highest BCUT2D eigenvalue weighted by molar-refractivity contribution is 6.62. The van der Waals surface area contributed by atoms with Crippen LogP contribution in [0.25, 0.3) is 0 Å². The summed E-state index contributed by atoms with van der Waals surface area (Å²) in [5.41, 5.74) is 1.07. The van der Waals surface area contributed by atoms with E-state index in [-0.39, 0.29) is 5.03 Å². The zero-order valence-electron chi connectivity index (χ0n) is 6.33. The summed E-state index contributed by atoms with van der Waals surface area (Å²) in [6, 6.07) is 0. The van der Waals surface area contributed by atoms with Crippen LogP contribution in [-0.2, 0) is 0 Å². The van der Waals surface area contributed by atoms with E-state index in [0.29, 0.717) is 0 Å². The maximum atomic E-state index is 5.84. The van der Waals surface area contributed by atoms with Gasteiger partial charge in [0, 0.05) is 10.6 Å². The van der Waals surface area contributed by atoms with E-state index in [0.717, 1.165) is 5.54 Å². The van der Waals surface area contributed by atoms with E-state index >= 15 is 0 Å². The van der Waals surface area contributed by atoms with Crippen LogP contribution in [0.2, 0.25) is 0 Å². The van der Waals surface area contributed by atoms with Crippen molar-refractivity contribution in [2.75, 3.05) is 0 Å². The summed E-state index contributed by atoms with van der Waals surface area (Å²) in [6.45, 7) is 0. The van der Waals surface area contributed by atoms with Gasteiger partial charge in [-0.2, -0.15) is 0 Å². The second kappa shape index (κ2) is 6.71. The fraction of sp³-hybridized carbons (Fsp3) is 0.667. The van der Waals surface area contributed by atoms with Crippen molar-refractivity contribution in [2.24, 2.45) is 0 Å². The number of hydrogen-bond acceptors (Lipinski definition) is 0. The minimum absolute atomic E-state index is 0.105. The van der Waals surface area contributed by atoms with Gasteiger partial charge in [0.1, 0.15) is 4.84 Å². The van der Waals surface area contributed by atoms with Crippen molar-refractivity contribution in [3.8, 4) is 0 Å². The summed E-state index contributed by atoms with van der Waals surface area (Å²) >= 11 is 45.2. The smallest absolute Gasteiger partial charge is 0.118 e. The lowest BCUT2D eigenvalue weighted by molar-refractivity contribution is 0.754. The van der Waals surface area contributed by atoms with E-state index in [9.17, 15) is 0 Å². The van der Waals surface area contributed by atoms with Crippen molar-refractivity contribution in [1.82, 2.24) is 0 Å². The number of allylic oxidation sites excluding steroid dienone is 1. The van der Waals surface area contributed by atoms with Crippen LogP contribution in [0.5, 0.6) is 0 Å². The minimum Gasteiger partial charge on any atom is -0.118 e. The van der Waals surface area contributed by atoms with Gasteiger partial charge in [0.25, 0.3) is 0 Å². The average Bonchev–Trinajstić information content (AvgIpc) is 2.13. The van der Waals surface area contributed by atoms with Gasteiger partial charge in [0.05, 0.1) is 10.8 Å². The maximum absolute atomic E-state index is 5.84. The molecule has 0 fully saturated rings. The number of rotatable bonds is 4. The zero-order valence-corrected chi connectivity index (χ0v) is 12.4. The molecule has 0 radical (unpaired) electrons. The fourth-order valence-electron chi connectivity index (χ4n) is 0.515. The van der Waals surface area contributed by atoms with Crippen molar-refractivity contribution in [3.05, 3.63) is 10.6 Å². The monoisotopic (exact) mass is 356 g/mol. The molecule has 0 N–H and O–H groups in total. The molecule has 0 aromatic carbocycles. The van der Waals surface area contributed by atoms with Crippen molar-refractivity contribution in [2.45, 2.75) is 19.9 Å². The van der Waals surface area contributed by atoms with Crippen molar-refractivity contribution in [3.63, 3.8) is 0 Å². The average molecular weight is 360 g/mol. The number of hydrogen-bond donors (Lipinski definition) is 0. The highest BCUT2D eigenvalue weighted by Gasteiger charge is 2.44. The van der Waals surface area contributed by atoms with E-state index < -0.39 is 19.9 Å². The summed E-state index contributed by atoms with van der Waals surface area (Å²) in [5.74, 6) is 0. The molecular weight excluding hydrogens is 356 g/mol. The summed E-state index contributed by atoms with van der Waals surface area (Å²) in [6.07, 6.45) is 0. The Bertz CT molecular complexity index is 210. The van der Waals surface area contributed by atoms with Gasteiger partial charge in [0.15, 0.2) is 4.33 Å². The molecule has 0 rings (SSSR count). The Hall–Kier alpha value is 2.06. The topological polar surface area (TPSA) is 0 Å². The molecule has 0 aromatic heterocycles. The molecule has 0 heterocycles. The molecule has 14 heavy (non-hydrogen) atoms. The van der Waals surface area contributed by atoms with Crippen LogP contribution in [0.1, 0.15) is 0 Å². The van der Waals surface area contributed by atoms with Crippen LogP contribution in [0.15, 0.2) is 10.6 Å². The Morgan fingerprint density at radius 1 is 1.07 bits per heavy atom. The van der Waals surface area contributed by atoms with E-state index in [2.05, 4.69) is 0 Å². The number of alkyl halides is 6. The van der Waals surface area contributed by atoms with Gasteiger partial charge in [-0.25, -0.2) is 0 Å². The lowest BCUT2D eigenvalue weighted by Crippen LogP contribution is -2.39. The van der Waals surface area contributed by atoms with Crippen molar-refractivity contribution in [1.29, 1.82) is 0 Å². The summed E-state index contributed by atoms with van der Waals surface area (Å²) in [5, 5.41) is -1.74. The molecule has 0 bridgehead atoms. The van der Waals surface area contributed by atoms with Crippen LogP contribution in [0.3, 0.4) is 0 Å². The van der Waals surface area contributed by atoms with E-state index in [1.54, 1.807) is 0 Å². The second-order valence-corrected chi connectivity index (χ2v) is 6.41. The molecule has 0 saturated carbocycles. The largest absolute Gasteiger partial charge is 0.166 e. The molecule has 0 nitrogen and oxygen atoms in total. The van der Waals surface area contributed by atoms with Crippen LogP contribution in [0, 0.1) is 0 Å². The van der Waals surface area contributed by atoms with E-state index in [1.807, 2.05) is 0 Å². The third-order valence-corrected chi connectivity index (χ3v) is 5.56.